The second-order valence-electron chi connectivity index (χ2n) is 6.76. The molecular formula is C22H26ClN3O. The molecule has 1 heterocycles. The Labute approximate surface area is 166 Å². The molecule has 0 unspecified atom stereocenters. The zero-order chi connectivity index (χ0) is 18.9. The maximum absolute atomic E-state index is 12.2. The number of rotatable bonds is 7. The molecule has 5 heteroatoms. The van der Waals surface area contributed by atoms with Gasteiger partial charge >= 0.3 is 0 Å². The first kappa shape index (κ1) is 19.6. The maximum Gasteiger partial charge on any atom is 0.234 e. The van der Waals surface area contributed by atoms with Crippen LogP contribution in [0.3, 0.4) is 0 Å². The quantitative estimate of drug-likeness (QED) is 0.796. The fraction of sp³-hybridized carbons (Fsp3) is 0.318. The minimum Gasteiger partial charge on any atom is -0.351 e. The predicted molar refractivity (Wildman–Crippen MR) is 112 cm³/mol. The van der Waals surface area contributed by atoms with Gasteiger partial charge in [0.05, 0.1) is 6.54 Å². The summed E-state index contributed by atoms with van der Waals surface area (Å²) in [6.07, 6.45) is 4.37. The average molecular weight is 384 g/mol. The summed E-state index contributed by atoms with van der Waals surface area (Å²) in [7, 11) is 0. The van der Waals surface area contributed by atoms with Gasteiger partial charge < -0.3 is 5.32 Å². The Balaban J connectivity index is 1.35. The summed E-state index contributed by atoms with van der Waals surface area (Å²) in [5, 5.41) is 3.65. The van der Waals surface area contributed by atoms with Crippen LogP contribution in [0, 0.1) is 0 Å². The van der Waals surface area contributed by atoms with Crippen LogP contribution in [0.15, 0.2) is 60.7 Å². The summed E-state index contributed by atoms with van der Waals surface area (Å²) in [5.74, 6) is 0.0485. The van der Waals surface area contributed by atoms with Crippen molar-refractivity contribution in [1.29, 1.82) is 0 Å². The van der Waals surface area contributed by atoms with E-state index in [0.717, 1.165) is 38.3 Å². The van der Waals surface area contributed by atoms with Crippen molar-refractivity contribution in [3.05, 3.63) is 76.8 Å². The van der Waals surface area contributed by atoms with Crippen molar-refractivity contribution >= 4 is 23.6 Å². The number of halogens is 1. The Kier molecular flexibility index (Phi) is 7.45. The number of hydrogen-bond donors (Lipinski definition) is 1. The molecule has 3 rings (SSSR count). The van der Waals surface area contributed by atoms with Crippen LogP contribution < -0.4 is 5.32 Å². The Morgan fingerprint density at radius 1 is 0.963 bits per heavy atom. The molecule has 27 heavy (non-hydrogen) atoms. The van der Waals surface area contributed by atoms with Crippen LogP contribution in [0.2, 0.25) is 5.02 Å². The van der Waals surface area contributed by atoms with Crippen molar-refractivity contribution in [2.45, 2.75) is 6.54 Å². The smallest absolute Gasteiger partial charge is 0.234 e. The predicted octanol–water partition coefficient (Wildman–Crippen LogP) is 3.29. The first-order chi connectivity index (χ1) is 13.2. The zero-order valence-corrected chi connectivity index (χ0v) is 16.2. The van der Waals surface area contributed by atoms with Crippen molar-refractivity contribution in [2.24, 2.45) is 0 Å². The van der Waals surface area contributed by atoms with Gasteiger partial charge in [-0.05, 0) is 17.2 Å². The van der Waals surface area contributed by atoms with E-state index in [1.54, 1.807) is 0 Å². The molecule has 1 aliphatic heterocycles. The number of hydrogen-bond acceptors (Lipinski definition) is 3. The third-order valence-corrected chi connectivity index (χ3v) is 5.11. The van der Waals surface area contributed by atoms with Crippen molar-refractivity contribution in [2.75, 3.05) is 39.3 Å². The monoisotopic (exact) mass is 383 g/mol. The van der Waals surface area contributed by atoms with Crippen LogP contribution in [0.25, 0.3) is 6.08 Å². The second kappa shape index (κ2) is 10.3. The van der Waals surface area contributed by atoms with Crippen LogP contribution in [0.5, 0.6) is 0 Å². The Hall–Kier alpha value is -2.14. The first-order valence-electron chi connectivity index (χ1n) is 9.37. The highest BCUT2D eigenvalue weighted by Gasteiger charge is 2.18. The van der Waals surface area contributed by atoms with E-state index in [4.69, 9.17) is 11.6 Å². The fourth-order valence-corrected chi connectivity index (χ4v) is 3.33. The average Bonchev–Trinajstić information content (AvgIpc) is 2.69. The fourth-order valence-electron chi connectivity index (χ4n) is 3.13. The van der Waals surface area contributed by atoms with Crippen LogP contribution in [-0.4, -0.2) is 55.0 Å². The Bertz CT molecular complexity index is 755. The molecule has 4 nitrogen and oxygen atoms in total. The lowest BCUT2D eigenvalue weighted by Crippen LogP contribution is -2.49. The van der Waals surface area contributed by atoms with E-state index < -0.39 is 0 Å². The van der Waals surface area contributed by atoms with Crippen LogP contribution in [0.4, 0.5) is 0 Å². The molecule has 1 saturated heterocycles. The molecule has 1 fully saturated rings. The highest BCUT2D eigenvalue weighted by atomic mass is 35.5. The summed E-state index contributed by atoms with van der Waals surface area (Å²) < 4.78 is 0. The largest absolute Gasteiger partial charge is 0.351 e. The molecule has 0 aliphatic carbocycles. The third kappa shape index (κ3) is 6.51. The van der Waals surface area contributed by atoms with E-state index in [-0.39, 0.29) is 5.91 Å². The molecule has 2 aromatic rings. The Morgan fingerprint density at radius 3 is 2.37 bits per heavy atom. The molecule has 0 bridgehead atoms. The summed E-state index contributed by atoms with van der Waals surface area (Å²) in [6.45, 7) is 5.66. The normalized spacial score (nSPS) is 15.9. The lowest BCUT2D eigenvalue weighted by atomic mass is 10.2. The zero-order valence-electron chi connectivity index (χ0n) is 15.5. The van der Waals surface area contributed by atoms with Crippen molar-refractivity contribution in [3.8, 4) is 0 Å². The van der Waals surface area contributed by atoms with Crippen molar-refractivity contribution < 1.29 is 4.79 Å². The standard InChI is InChI=1S/C22H26ClN3O/c23-21-11-5-4-10-20(21)17-24-22(27)18-26-15-13-25(14-16-26)12-6-9-19-7-2-1-3-8-19/h1-11H,12-18H2,(H,24,27). The minimum atomic E-state index is 0.0485. The number of nitrogens with zero attached hydrogens (tertiary/aromatic N) is 2. The summed E-state index contributed by atoms with van der Waals surface area (Å²) in [5.41, 5.74) is 2.17. The van der Waals surface area contributed by atoms with Crippen LogP contribution in [-0.2, 0) is 11.3 Å². The SMILES string of the molecule is O=C(CN1CCN(CC=Cc2ccccc2)CC1)NCc1ccccc1Cl. The van der Waals surface area contributed by atoms with Gasteiger partial charge in [0.2, 0.25) is 5.91 Å². The van der Waals surface area contributed by atoms with E-state index in [1.165, 1.54) is 5.56 Å². The van der Waals surface area contributed by atoms with E-state index in [2.05, 4.69) is 51.5 Å². The molecule has 1 aliphatic rings. The molecule has 1 N–H and O–H groups in total. The number of carbonyl (C=O) groups is 1. The summed E-state index contributed by atoms with van der Waals surface area (Å²) in [6, 6.07) is 17.9. The highest BCUT2D eigenvalue weighted by molar-refractivity contribution is 6.31. The molecule has 0 atom stereocenters. The number of carbonyl (C=O) groups excluding carboxylic acids is 1. The van der Waals surface area contributed by atoms with E-state index in [0.29, 0.717) is 18.1 Å². The lowest BCUT2D eigenvalue weighted by Gasteiger charge is -2.33. The van der Waals surface area contributed by atoms with Gasteiger partial charge in [-0.15, -0.1) is 0 Å². The lowest BCUT2D eigenvalue weighted by molar-refractivity contribution is -0.122. The molecular weight excluding hydrogens is 358 g/mol. The van der Waals surface area contributed by atoms with E-state index in [9.17, 15) is 4.79 Å². The first-order valence-corrected chi connectivity index (χ1v) is 9.75. The van der Waals surface area contributed by atoms with Crippen molar-refractivity contribution in [1.82, 2.24) is 15.1 Å². The van der Waals surface area contributed by atoms with Crippen molar-refractivity contribution in [3.63, 3.8) is 0 Å². The van der Waals surface area contributed by atoms with Crippen LogP contribution >= 0.6 is 11.6 Å². The molecule has 0 radical (unpaired) electrons. The maximum atomic E-state index is 12.2. The van der Waals surface area contributed by atoms with Gasteiger partial charge in [-0.2, -0.15) is 0 Å². The molecule has 142 valence electrons. The number of benzene rings is 2. The molecule has 0 saturated carbocycles. The second-order valence-corrected chi connectivity index (χ2v) is 7.17. The van der Waals surface area contributed by atoms with E-state index >= 15 is 0 Å². The summed E-state index contributed by atoms with van der Waals surface area (Å²) >= 11 is 6.12. The molecule has 2 aromatic carbocycles. The highest BCUT2D eigenvalue weighted by Crippen LogP contribution is 2.14. The van der Waals surface area contributed by atoms with E-state index in [1.807, 2.05) is 30.3 Å². The topological polar surface area (TPSA) is 35.6 Å². The molecule has 1 amide bonds. The summed E-state index contributed by atoms with van der Waals surface area (Å²) in [4.78, 5) is 16.8. The van der Waals surface area contributed by atoms with Gasteiger partial charge in [0.1, 0.15) is 0 Å². The van der Waals surface area contributed by atoms with Gasteiger partial charge in [-0.3, -0.25) is 14.6 Å². The van der Waals surface area contributed by atoms with Gasteiger partial charge in [-0.25, -0.2) is 0 Å². The van der Waals surface area contributed by atoms with Gasteiger partial charge in [-0.1, -0.05) is 72.3 Å². The number of piperazine rings is 1. The van der Waals surface area contributed by atoms with Crippen LogP contribution in [0.1, 0.15) is 11.1 Å². The number of nitrogens with one attached hydrogen (secondary N) is 1. The number of amides is 1. The third-order valence-electron chi connectivity index (χ3n) is 4.74. The minimum absolute atomic E-state index is 0.0485. The Morgan fingerprint density at radius 2 is 1.63 bits per heavy atom. The van der Waals surface area contributed by atoms with Gasteiger partial charge in [0.15, 0.2) is 0 Å². The molecule has 0 aromatic heterocycles. The van der Waals surface area contributed by atoms with Gasteiger partial charge in [0.25, 0.3) is 0 Å². The van der Waals surface area contributed by atoms with Gasteiger partial charge in [0, 0.05) is 44.3 Å². The molecule has 0 spiro atoms.